The van der Waals surface area contributed by atoms with Crippen LogP contribution in [0.2, 0.25) is 0 Å². The van der Waals surface area contributed by atoms with Gasteiger partial charge >= 0.3 is 6.16 Å². The molecule has 0 aromatic rings. The Bertz CT molecular complexity index is 288. The van der Waals surface area contributed by atoms with E-state index in [4.69, 9.17) is 30.3 Å². The molecule has 11 nitrogen and oxygen atoms in total. The Balaban J connectivity index is 4.09. The number of carbonyl (C=O) groups is 1. The van der Waals surface area contributed by atoms with Crippen LogP contribution in [0.1, 0.15) is 33.6 Å². The van der Waals surface area contributed by atoms with Gasteiger partial charge in [0.05, 0.1) is 23.5 Å². The van der Waals surface area contributed by atoms with E-state index in [1.54, 1.807) is 13.8 Å². The molecule has 0 aliphatic carbocycles. The van der Waals surface area contributed by atoms with Crippen molar-refractivity contribution in [1.82, 2.24) is 10.8 Å². The quantitative estimate of drug-likeness (QED) is 0.261. The summed E-state index contributed by atoms with van der Waals surface area (Å²) in [5, 5.41) is 33.2. The first-order valence-electron chi connectivity index (χ1n) is 6.25. The highest BCUT2D eigenvalue weighted by molar-refractivity contribution is 5.59. The second-order valence-electron chi connectivity index (χ2n) is 4.37. The molecule has 0 bridgehead atoms. The summed E-state index contributed by atoms with van der Waals surface area (Å²) >= 11 is 0. The standard InChI is InChI=1S/C10H22N2O9/c1-7(2)19-10(13)18-6-4-5-9(21-12(16)17)8(3)20-11(14)15/h7-9,14-17H,4-6H2,1-3H3/t8-,9-/m1/s1. The van der Waals surface area contributed by atoms with E-state index in [0.717, 1.165) is 0 Å². The van der Waals surface area contributed by atoms with Gasteiger partial charge in [-0.15, -0.1) is 0 Å². The molecule has 126 valence electrons. The number of ether oxygens (including phenoxy) is 2. The van der Waals surface area contributed by atoms with Gasteiger partial charge in [0.25, 0.3) is 0 Å². The molecule has 0 aliphatic heterocycles. The molecule has 0 aromatic carbocycles. The molecule has 0 radical (unpaired) electrons. The van der Waals surface area contributed by atoms with Crippen molar-refractivity contribution in [1.29, 1.82) is 0 Å². The average Bonchev–Trinajstić information content (AvgIpc) is 2.30. The third-order valence-corrected chi connectivity index (χ3v) is 2.20. The second kappa shape index (κ2) is 10.6. The van der Waals surface area contributed by atoms with E-state index in [9.17, 15) is 4.79 Å². The van der Waals surface area contributed by atoms with Gasteiger partial charge in [0.2, 0.25) is 0 Å². The first-order chi connectivity index (χ1) is 9.72. The fraction of sp³-hybridized carbons (Fsp3) is 0.900. The molecular formula is C10H22N2O9. The zero-order valence-electron chi connectivity index (χ0n) is 12.1. The Morgan fingerprint density at radius 1 is 1.05 bits per heavy atom. The first kappa shape index (κ1) is 19.9. The number of hydrogen-bond acceptors (Lipinski definition) is 11. The molecule has 0 saturated carbocycles. The van der Waals surface area contributed by atoms with Crippen molar-refractivity contribution in [2.75, 3.05) is 6.61 Å². The van der Waals surface area contributed by atoms with Crippen LogP contribution in [0.25, 0.3) is 0 Å². The lowest BCUT2D eigenvalue weighted by molar-refractivity contribution is -0.537. The van der Waals surface area contributed by atoms with Crippen molar-refractivity contribution >= 4 is 6.16 Å². The van der Waals surface area contributed by atoms with Gasteiger partial charge in [-0.05, 0) is 33.6 Å². The van der Waals surface area contributed by atoms with Crippen LogP contribution in [-0.2, 0) is 19.1 Å². The first-order valence-corrected chi connectivity index (χ1v) is 6.25. The Morgan fingerprint density at radius 3 is 2.10 bits per heavy atom. The topological polar surface area (TPSA) is 141 Å². The van der Waals surface area contributed by atoms with Crippen LogP contribution in [0.4, 0.5) is 4.79 Å². The summed E-state index contributed by atoms with van der Waals surface area (Å²) in [6, 6.07) is 0. The van der Waals surface area contributed by atoms with Crippen molar-refractivity contribution in [2.24, 2.45) is 0 Å². The molecule has 0 unspecified atom stereocenters. The van der Waals surface area contributed by atoms with Gasteiger partial charge in [-0.2, -0.15) is 0 Å². The minimum atomic E-state index is -0.938. The monoisotopic (exact) mass is 314 g/mol. The number of nitrogens with zero attached hydrogens (tertiary/aromatic N) is 2. The molecule has 2 atom stereocenters. The van der Waals surface area contributed by atoms with Gasteiger partial charge in [0.15, 0.2) is 0 Å². The largest absolute Gasteiger partial charge is 0.508 e. The van der Waals surface area contributed by atoms with Gasteiger partial charge in [-0.3, -0.25) is 20.8 Å². The molecule has 0 spiro atoms. The minimum absolute atomic E-state index is 0.0109. The van der Waals surface area contributed by atoms with Crippen molar-refractivity contribution < 1.29 is 44.8 Å². The second-order valence-corrected chi connectivity index (χ2v) is 4.37. The maximum Gasteiger partial charge on any atom is 0.508 e. The Kier molecular flexibility index (Phi) is 10.1. The molecule has 11 heteroatoms. The maximum atomic E-state index is 11.1. The smallest absolute Gasteiger partial charge is 0.434 e. The highest BCUT2D eigenvalue weighted by Gasteiger charge is 2.23. The van der Waals surface area contributed by atoms with Gasteiger partial charge in [-0.25, -0.2) is 14.5 Å². The molecule has 4 N–H and O–H groups in total. The molecule has 0 amide bonds. The normalized spacial score (nSPS) is 14.6. The van der Waals surface area contributed by atoms with Crippen LogP contribution in [0.15, 0.2) is 0 Å². The average molecular weight is 314 g/mol. The highest BCUT2D eigenvalue weighted by atomic mass is 17.1. The summed E-state index contributed by atoms with van der Waals surface area (Å²) in [7, 11) is 0. The van der Waals surface area contributed by atoms with Crippen molar-refractivity contribution in [3.8, 4) is 0 Å². The van der Waals surface area contributed by atoms with E-state index in [1.807, 2.05) is 0 Å². The van der Waals surface area contributed by atoms with E-state index in [-0.39, 0.29) is 25.6 Å². The summed E-state index contributed by atoms with van der Waals surface area (Å²) in [4.78, 5) is 20.2. The Labute approximate surface area is 121 Å². The molecule has 0 heterocycles. The van der Waals surface area contributed by atoms with Crippen molar-refractivity contribution in [2.45, 2.75) is 51.9 Å². The lowest BCUT2D eigenvalue weighted by atomic mass is 10.1. The molecule has 0 saturated heterocycles. The summed E-state index contributed by atoms with van der Waals surface area (Å²) in [6.07, 6.45) is -2.51. The summed E-state index contributed by atoms with van der Waals surface area (Å²) < 4.78 is 9.51. The zero-order chi connectivity index (χ0) is 16.4. The predicted octanol–water partition coefficient (Wildman–Crippen LogP) is 1.11. The van der Waals surface area contributed by atoms with E-state index in [1.165, 1.54) is 6.92 Å². The minimum Gasteiger partial charge on any atom is -0.434 e. The van der Waals surface area contributed by atoms with Crippen LogP contribution in [-0.4, -0.2) is 62.7 Å². The van der Waals surface area contributed by atoms with Gasteiger partial charge < -0.3 is 9.47 Å². The molecule has 21 heavy (non-hydrogen) atoms. The SMILES string of the molecule is CC(C)OC(=O)OCCC[C@@H](ON(O)O)[C@@H](C)ON(O)O. The van der Waals surface area contributed by atoms with Crippen LogP contribution >= 0.6 is 0 Å². The lowest BCUT2D eigenvalue weighted by Gasteiger charge is -2.24. The van der Waals surface area contributed by atoms with Crippen molar-refractivity contribution in [3.63, 3.8) is 0 Å². The van der Waals surface area contributed by atoms with E-state index < -0.39 is 29.1 Å². The Hall–Kier alpha value is -1.05. The van der Waals surface area contributed by atoms with Crippen LogP contribution in [0, 0.1) is 0 Å². The van der Waals surface area contributed by atoms with E-state index >= 15 is 0 Å². The third kappa shape index (κ3) is 11.3. The van der Waals surface area contributed by atoms with E-state index in [2.05, 4.69) is 9.68 Å². The number of hydrogen-bond donors (Lipinski definition) is 4. The predicted molar refractivity (Wildman–Crippen MR) is 63.0 cm³/mol. The third-order valence-electron chi connectivity index (χ3n) is 2.20. The summed E-state index contributed by atoms with van der Waals surface area (Å²) in [5.74, 6) is 0. The van der Waals surface area contributed by atoms with Gasteiger partial charge in [-0.1, -0.05) is 0 Å². The number of carbonyl (C=O) groups excluding carboxylic acids is 1. The zero-order valence-corrected chi connectivity index (χ0v) is 12.1. The fourth-order valence-corrected chi connectivity index (χ4v) is 1.38. The molecule has 0 fully saturated rings. The molecular weight excluding hydrogens is 292 g/mol. The van der Waals surface area contributed by atoms with Crippen LogP contribution in [0.3, 0.4) is 0 Å². The fourth-order valence-electron chi connectivity index (χ4n) is 1.38. The van der Waals surface area contributed by atoms with Crippen LogP contribution < -0.4 is 0 Å². The van der Waals surface area contributed by atoms with Crippen molar-refractivity contribution in [3.05, 3.63) is 0 Å². The number of rotatable bonds is 10. The Morgan fingerprint density at radius 2 is 1.62 bits per heavy atom. The molecule has 0 aliphatic rings. The molecule has 0 rings (SSSR count). The van der Waals surface area contributed by atoms with Gasteiger partial charge in [0.1, 0.15) is 12.2 Å². The van der Waals surface area contributed by atoms with Gasteiger partial charge in [0, 0.05) is 0 Å². The maximum absolute atomic E-state index is 11.1. The van der Waals surface area contributed by atoms with Crippen LogP contribution in [0.5, 0.6) is 0 Å². The summed E-state index contributed by atoms with van der Waals surface area (Å²) in [5.41, 5.74) is 0. The lowest BCUT2D eigenvalue weighted by Crippen LogP contribution is -2.37. The summed E-state index contributed by atoms with van der Waals surface area (Å²) in [6.45, 7) is 4.77. The molecule has 0 aromatic heterocycles. The van der Waals surface area contributed by atoms with E-state index in [0.29, 0.717) is 0 Å². The highest BCUT2D eigenvalue weighted by Crippen LogP contribution is 2.12.